The summed E-state index contributed by atoms with van der Waals surface area (Å²) >= 11 is 0. The third-order valence-electron chi connectivity index (χ3n) is 3.38. The van der Waals surface area contributed by atoms with Crippen LogP contribution in [-0.2, 0) is 19.6 Å². The summed E-state index contributed by atoms with van der Waals surface area (Å²) in [6.07, 6.45) is 2.26. The fraction of sp³-hybridized carbons (Fsp3) is 0.917. The first-order chi connectivity index (χ1) is 8.84. The lowest BCUT2D eigenvalue weighted by Gasteiger charge is -2.27. The number of sulfonamides is 1. The molecule has 1 unspecified atom stereocenters. The third-order valence-corrected chi connectivity index (χ3v) is 5.08. The van der Waals surface area contributed by atoms with Crippen molar-refractivity contribution in [3.8, 4) is 0 Å². The van der Waals surface area contributed by atoms with Crippen molar-refractivity contribution in [3.63, 3.8) is 0 Å². The minimum absolute atomic E-state index is 0.0414. The molecule has 0 aromatic heterocycles. The summed E-state index contributed by atoms with van der Waals surface area (Å²) in [5, 5.41) is 8.88. The van der Waals surface area contributed by atoms with Gasteiger partial charge in [0.1, 0.15) is 0 Å². The zero-order valence-electron chi connectivity index (χ0n) is 11.5. The molecule has 2 N–H and O–H groups in total. The smallest absolute Gasteiger partial charge is 0.306 e. The van der Waals surface area contributed by atoms with Crippen LogP contribution >= 0.6 is 0 Å². The highest BCUT2D eigenvalue weighted by atomic mass is 32.2. The Hall–Kier alpha value is -0.660. The van der Waals surface area contributed by atoms with Crippen LogP contribution in [0.4, 0.5) is 0 Å². The Morgan fingerprint density at radius 2 is 1.95 bits per heavy atom. The Morgan fingerprint density at radius 3 is 2.42 bits per heavy atom. The average molecular weight is 293 g/mol. The Labute approximate surface area is 114 Å². The van der Waals surface area contributed by atoms with E-state index in [1.807, 2.05) is 6.92 Å². The van der Waals surface area contributed by atoms with Crippen LogP contribution in [0, 0.1) is 11.8 Å². The molecule has 1 fully saturated rings. The molecule has 1 aliphatic carbocycles. The van der Waals surface area contributed by atoms with E-state index in [-0.39, 0.29) is 23.6 Å². The van der Waals surface area contributed by atoms with Gasteiger partial charge in [-0.1, -0.05) is 6.92 Å². The largest absolute Gasteiger partial charge is 0.481 e. The summed E-state index contributed by atoms with van der Waals surface area (Å²) in [5.41, 5.74) is 0. The van der Waals surface area contributed by atoms with Crippen molar-refractivity contribution in [1.82, 2.24) is 4.72 Å². The van der Waals surface area contributed by atoms with Gasteiger partial charge in [-0.05, 0) is 31.6 Å². The predicted molar refractivity (Wildman–Crippen MR) is 71.3 cm³/mol. The summed E-state index contributed by atoms with van der Waals surface area (Å²) < 4.78 is 31.4. The SMILES string of the molecule is COCC(C)CS(=O)(=O)NC1CCC(C(=O)O)CC1. The second kappa shape index (κ2) is 7.21. The number of ether oxygens (including phenoxy) is 1. The molecule has 0 saturated heterocycles. The molecule has 0 amide bonds. The van der Waals surface area contributed by atoms with Crippen LogP contribution in [0.1, 0.15) is 32.6 Å². The number of nitrogens with one attached hydrogen (secondary N) is 1. The van der Waals surface area contributed by atoms with E-state index in [9.17, 15) is 13.2 Å². The second-order valence-electron chi connectivity index (χ2n) is 5.35. The number of aliphatic carboxylic acids is 1. The summed E-state index contributed by atoms with van der Waals surface area (Å²) in [4.78, 5) is 10.8. The molecule has 112 valence electrons. The summed E-state index contributed by atoms with van der Waals surface area (Å²) in [6, 6.07) is -0.129. The van der Waals surface area contributed by atoms with E-state index < -0.39 is 16.0 Å². The van der Waals surface area contributed by atoms with Crippen LogP contribution in [0.25, 0.3) is 0 Å². The van der Waals surface area contributed by atoms with Crippen LogP contribution < -0.4 is 4.72 Å². The molecule has 0 radical (unpaired) electrons. The maximum atomic E-state index is 11.9. The Balaban J connectivity index is 2.41. The van der Waals surface area contributed by atoms with E-state index in [0.29, 0.717) is 32.3 Å². The zero-order chi connectivity index (χ0) is 14.5. The number of methoxy groups -OCH3 is 1. The molecule has 1 rings (SSSR count). The fourth-order valence-electron chi connectivity index (χ4n) is 2.47. The molecule has 1 atom stereocenters. The molecule has 0 aromatic rings. The van der Waals surface area contributed by atoms with Crippen molar-refractivity contribution in [3.05, 3.63) is 0 Å². The lowest BCUT2D eigenvalue weighted by molar-refractivity contribution is -0.142. The third kappa shape index (κ3) is 5.88. The monoisotopic (exact) mass is 293 g/mol. The van der Waals surface area contributed by atoms with Gasteiger partial charge in [-0.15, -0.1) is 0 Å². The second-order valence-corrected chi connectivity index (χ2v) is 7.15. The number of hydrogen-bond acceptors (Lipinski definition) is 4. The van der Waals surface area contributed by atoms with Gasteiger partial charge in [0.15, 0.2) is 0 Å². The van der Waals surface area contributed by atoms with E-state index >= 15 is 0 Å². The summed E-state index contributed by atoms with van der Waals surface area (Å²) in [5.74, 6) is -1.12. The van der Waals surface area contributed by atoms with E-state index in [4.69, 9.17) is 9.84 Å². The molecule has 1 aliphatic rings. The van der Waals surface area contributed by atoms with Gasteiger partial charge in [0, 0.05) is 19.8 Å². The molecule has 0 bridgehead atoms. The van der Waals surface area contributed by atoms with E-state index in [1.165, 1.54) is 0 Å². The minimum Gasteiger partial charge on any atom is -0.481 e. The average Bonchev–Trinajstić information content (AvgIpc) is 2.28. The number of hydrogen-bond donors (Lipinski definition) is 2. The Kier molecular flexibility index (Phi) is 6.22. The van der Waals surface area contributed by atoms with Crippen molar-refractivity contribution in [2.24, 2.45) is 11.8 Å². The first-order valence-electron chi connectivity index (χ1n) is 6.55. The van der Waals surface area contributed by atoms with Gasteiger partial charge in [0.2, 0.25) is 10.0 Å². The highest BCUT2D eigenvalue weighted by Gasteiger charge is 2.28. The van der Waals surface area contributed by atoms with Crippen LogP contribution in [0.3, 0.4) is 0 Å². The van der Waals surface area contributed by atoms with Crippen LogP contribution in [0.15, 0.2) is 0 Å². The van der Waals surface area contributed by atoms with Gasteiger partial charge in [-0.25, -0.2) is 13.1 Å². The standard InChI is InChI=1S/C12H23NO5S/c1-9(7-18-2)8-19(16,17)13-11-5-3-10(4-6-11)12(14)15/h9-11,13H,3-8H2,1-2H3,(H,14,15). The van der Waals surface area contributed by atoms with Gasteiger partial charge in [0.25, 0.3) is 0 Å². The molecule has 6 nitrogen and oxygen atoms in total. The van der Waals surface area contributed by atoms with Crippen molar-refractivity contribution >= 4 is 16.0 Å². The van der Waals surface area contributed by atoms with E-state index in [0.717, 1.165) is 0 Å². The number of carboxylic acid groups (broad SMARTS) is 1. The molecular weight excluding hydrogens is 270 g/mol. The maximum Gasteiger partial charge on any atom is 0.306 e. The van der Waals surface area contributed by atoms with Crippen LogP contribution in [0.2, 0.25) is 0 Å². The van der Waals surface area contributed by atoms with Crippen molar-refractivity contribution < 1.29 is 23.1 Å². The number of rotatable bonds is 7. The molecular formula is C12H23NO5S. The Bertz CT molecular complexity index is 387. The normalized spacial score (nSPS) is 26.0. The lowest BCUT2D eigenvalue weighted by atomic mass is 9.87. The van der Waals surface area contributed by atoms with Crippen LogP contribution in [-0.4, -0.2) is 45.0 Å². The van der Waals surface area contributed by atoms with Crippen molar-refractivity contribution in [2.45, 2.75) is 38.6 Å². The number of carbonyl (C=O) groups is 1. The maximum absolute atomic E-state index is 11.9. The quantitative estimate of drug-likeness (QED) is 0.725. The van der Waals surface area contributed by atoms with Gasteiger partial charge >= 0.3 is 5.97 Å². The summed E-state index contributed by atoms with van der Waals surface area (Å²) in [7, 11) is -1.77. The minimum atomic E-state index is -3.32. The predicted octanol–water partition coefficient (Wildman–Crippen LogP) is 0.832. The summed E-state index contributed by atoms with van der Waals surface area (Å²) in [6.45, 7) is 2.23. The fourth-order valence-corrected chi connectivity index (χ4v) is 4.15. The molecule has 19 heavy (non-hydrogen) atoms. The molecule has 0 aromatic carbocycles. The molecule has 0 spiro atoms. The van der Waals surface area contributed by atoms with Crippen molar-refractivity contribution in [1.29, 1.82) is 0 Å². The molecule has 1 saturated carbocycles. The van der Waals surface area contributed by atoms with Crippen LogP contribution in [0.5, 0.6) is 0 Å². The molecule has 0 aliphatic heterocycles. The van der Waals surface area contributed by atoms with Gasteiger partial charge in [-0.3, -0.25) is 4.79 Å². The number of carboxylic acids is 1. The topological polar surface area (TPSA) is 92.7 Å². The highest BCUT2D eigenvalue weighted by molar-refractivity contribution is 7.89. The molecule has 7 heteroatoms. The highest BCUT2D eigenvalue weighted by Crippen LogP contribution is 2.24. The zero-order valence-corrected chi connectivity index (χ0v) is 12.3. The van der Waals surface area contributed by atoms with Gasteiger partial charge in [0.05, 0.1) is 11.7 Å². The molecule has 0 heterocycles. The first-order valence-corrected chi connectivity index (χ1v) is 8.21. The van der Waals surface area contributed by atoms with Crippen molar-refractivity contribution in [2.75, 3.05) is 19.5 Å². The van der Waals surface area contributed by atoms with Gasteiger partial charge in [-0.2, -0.15) is 0 Å². The van der Waals surface area contributed by atoms with Gasteiger partial charge < -0.3 is 9.84 Å². The Morgan fingerprint density at radius 1 is 1.37 bits per heavy atom. The van der Waals surface area contributed by atoms with E-state index in [2.05, 4.69) is 4.72 Å². The first kappa shape index (κ1) is 16.4. The lowest BCUT2D eigenvalue weighted by Crippen LogP contribution is -2.41. The van der Waals surface area contributed by atoms with E-state index in [1.54, 1.807) is 7.11 Å².